The van der Waals surface area contributed by atoms with E-state index in [1.807, 2.05) is 48.5 Å². The summed E-state index contributed by atoms with van der Waals surface area (Å²) in [4.78, 5) is 30.5. The van der Waals surface area contributed by atoms with Gasteiger partial charge in [0.25, 0.3) is 11.8 Å². The molecule has 0 aromatic heterocycles. The van der Waals surface area contributed by atoms with Gasteiger partial charge in [-0.1, -0.05) is 94.0 Å². The lowest BCUT2D eigenvalue weighted by Gasteiger charge is -2.17. The molecule has 32 heavy (non-hydrogen) atoms. The standard InChI is InChI=1S/C24H14BrClN2O2S2/c25-15-7-5-6-14(12-15)13-27-18-10-3-1-8-16(18)20(22(27)29)21-23(30)28(24(31)32-21)19-11-4-2-9-17(19)26/h1-12H,13H2. The molecule has 2 aliphatic heterocycles. The van der Waals surface area contributed by atoms with E-state index in [1.165, 1.54) is 4.90 Å². The zero-order chi connectivity index (χ0) is 22.4. The van der Waals surface area contributed by atoms with Crippen molar-refractivity contribution in [2.75, 3.05) is 9.80 Å². The van der Waals surface area contributed by atoms with Gasteiger partial charge in [0.05, 0.1) is 33.4 Å². The van der Waals surface area contributed by atoms with Crippen LogP contribution in [0.4, 0.5) is 11.4 Å². The zero-order valence-electron chi connectivity index (χ0n) is 16.4. The topological polar surface area (TPSA) is 40.6 Å². The van der Waals surface area contributed by atoms with Gasteiger partial charge in [0, 0.05) is 10.0 Å². The number of hydrogen-bond acceptors (Lipinski definition) is 4. The van der Waals surface area contributed by atoms with Gasteiger partial charge in [-0.15, -0.1) is 0 Å². The molecule has 5 rings (SSSR count). The molecule has 2 aliphatic rings. The maximum Gasteiger partial charge on any atom is 0.271 e. The van der Waals surface area contributed by atoms with Crippen molar-refractivity contribution < 1.29 is 9.59 Å². The summed E-state index contributed by atoms with van der Waals surface area (Å²) in [7, 11) is 0. The fraction of sp³-hybridized carbons (Fsp3) is 0.0417. The highest BCUT2D eigenvalue weighted by molar-refractivity contribution is 9.10. The lowest BCUT2D eigenvalue weighted by atomic mass is 10.1. The van der Waals surface area contributed by atoms with Gasteiger partial charge in [-0.05, 0) is 35.9 Å². The molecule has 0 saturated carbocycles. The van der Waals surface area contributed by atoms with E-state index in [0.717, 1.165) is 33.0 Å². The Bertz CT molecular complexity index is 1340. The van der Waals surface area contributed by atoms with Crippen molar-refractivity contribution in [2.24, 2.45) is 0 Å². The first-order valence-electron chi connectivity index (χ1n) is 9.66. The summed E-state index contributed by atoms with van der Waals surface area (Å²) in [6, 6.07) is 22.4. The predicted molar refractivity (Wildman–Crippen MR) is 138 cm³/mol. The Morgan fingerprint density at radius 1 is 0.906 bits per heavy atom. The van der Waals surface area contributed by atoms with Gasteiger partial charge < -0.3 is 4.90 Å². The average molecular weight is 542 g/mol. The average Bonchev–Trinajstić information content (AvgIpc) is 3.21. The van der Waals surface area contributed by atoms with Gasteiger partial charge in [-0.2, -0.15) is 0 Å². The van der Waals surface area contributed by atoms with Crippen molar-refractivity contribution in [3.05, 3.63) is 98.3 Å². The Balaban J connectivity index is 1.59. The van der Waals surface area contributed by atoms with Gasteiger partial charge >= 0.3 is 0 Å². The molecule has 2 heterocycles. The lowest BCUT2D eigenvalue weighted by Crippen LogP contribution is -2.29. The number of rotatable bonds is 3. The second-order valence-corrected chi connectivity index (χ2v) is 10.2. The van der Waals surface area contributed by atoms with Crippen LogP contribution in [0.3, 0.4) is 0 Å². The normalized spacial score (nSPS) is 18.0. The molecule has 4 nitrogen and oxygen atoms in total. The number of nitrogens with zero attached hydrogens (tertiary/aromatic N) is 2. The van der Waals surface area contributed by atoms with Crippen LogP contribution in [0.25, 0.3) is 5.57 Å². The molecule has 0 aliphatic carbocycles. The van der Waals surface area contributed by atoms with E-state index in [2.05, 4.69) is 15.9 Å². The molecule has 3 aromatic rings. The Morgan fingerprint density at radius 3 is 2.38 bits per heavy atom. The number of fused-ring (bicyclic) bond motifs is 1. The molecule has 158 valence electrons. The Morgan fingerprint density at radius 2 is 1.62 bits per heavy atom. The molecule has 0 N–H and O–H groups in total. The third-order valence-corrected chi connectivity index (χ3v) is 7.43. The van der Waals surface area contributed by atoms with E-state index in [0.29, 0.717) is 32.1 Å². The van der Waals surface area contributed by atoms with Gasteiger partial charge in [-0.3, -0.25) is 14.5 Å². The third kappa shape index (κ3) is 3.59. The number of amides is 2. The minimum Gasteiger partial charge on any atom is -0.303 e. The predicted octanol–water partition coefficient (Wildman–Crippen LogP) is 6.43. The van der Waals surface area contributed by atoms with Crippen LogP contribution in [0.2, 0.25) is 5.02 Å². The number of carbonyl (C=O) groups is 2. The zero-order valence-corrected chi connectivity index (χ0v) is 20.4. The number of thioether (sulfide) groups is 1. The molecular weight excluding hydrogens is 528 g/mol. The molecule has 1 fully saturated rings. The van der Waals surface area contributed by atoms with Crippen LogP contribution in [-0.4, -0.2) is 16.1 Å². The fourth-order valence-electron chi connectivity index (χ4n) is 3.83. The smallest absolute Gasteiger partial charge is 0.271 e. The van der Waals surface area contributed by atoms with Crippen molar-refractivity contribution >= 4 is 84.6 Å². The lowest BCUT2D eigenvalue weighted by molar-refractivity contribution is -0.115. The van der Waals surface area contributed by atoms with Crippen molar-refractivity contribution in [2.45, 2.75) is 6.54 Å². The van der Waals surface area contributed by atoms with E-state index in [1.54, 1.807) is 29.2 Å². The molecule has 3 aromatic carbocycles. The highest BCUT2D eigenvalue weighted by Crippen LogP contribution is 2.46. The monoisotopic (exact) mass is 540 g/mol. The van der Waals surface area contributed by atoms with Crippen molar-refractivity contribution in [3.8, 4) is 0 Å². The molecule has 8 heteroatoms. The van der Waals surface area contributed by atoms with Crippen LogP contribution >= 0.6 is 51.5 Å². The summed E-state index contributed by atoms with van der Waals surface area (Å²) in [6.07, 6.45) is 0. The van der Waals surface area contributed by atoms with Gasteiger partial charge in [0.2, 0.25) is 0 Å². The molecule has 0 bridgehead atoms. The summed E-state index contributed by atoms with van der Waals surface area (Å²) in [5, 5.41) is 0.421. The summed E-state index contributed by atoms with van der Waals surface area (Å²) in [5.74, 6) is -0.554. The first-order valence-corrected chi connectivity index (χ1v) is 12.1. The molecule has 0 spiro atoms. The summed E-state index contributed by atoms with van der Waals surface area (Å²) in [6.45, 7) is 0.392. The number of carbonyl (C=O) groups excluding carboxylic acids is 2. The first-order chi connectivity index (χ1) is 15.5. The van der Waals surface area contributed by atoms with E-state index in [4.69, 9.17) is 23.8 Å². The largest absolute Gasteiger partial charge is 0.303 e. The summed E-state index contributed by atoms with van der Waals surface area (Å²) >= 11 is 16.4. The number of anilines is 2. The minimum absolute atomic E-state index is 0.217. The highest BCUT2D eigenvalue weighted by Gasteiger charge is 2.42. The van der Waals surface area contributed by atoms with Crippen LogP contribution in [-0.2, 0) is 16.1 Å². The number of hydrogen-bond donors (Lipinski definition) is 0. The van der Waals surface area contributed by atoms with E-state index < -0.39 is 0 Å². The molecular formula is C24H14BrClN2O2S2. The van der Waals surface area contributed by atoms with Crippen LogP contribution in [0.15, 0.2) is 82.2 Å². The first kappa shape index (κ1) is 21.4. The molecule has 0 unspecified atom stereocenters. The minimum atomic E-state index is -0.337. The number of benzene rings is 3. The van der Waals surface area contributed by atoms with Gasteiger partial charge in [0.15, 0.2) is 4.32 Å². The van der Waals surface area contributed by atoms with Crippen molar-refractivity contribution in [3.63, 3.8) is 0 Å². The fourth-order valence-corrected chi connectivity index (χ4v) is 5.86. The SMILES string of the molecule is O=C1C(=C2SC(=S)N(c3ccccc3Cl)C2=O)c2ccccc2N1Cc1cccc(Br)c1. The Labute approximate surface area is 208 Å². The van der Waals surface area contributed by atoms with Crippen LogP contribution in [0, 0.1) is 0 Å². The summed E-state index contributed by atoms with van der Waals surface area (Å²) in [5.41, 5.74) is 3.37. The molecule has 0 atom stereocenters. The maximum atomic E-state index is 13.6. The number of thiocarbonyl (C=S) groups is 1. The second-order valence-electron chi connectivity index (χ2n) is 7.20. The maximum absolute atomic E-state index is 13.6. The van der Waals surface area contributed by atoms with Crippen molar-refractivity contribution in [1.82, 2.24) is 0 Å². The van der Waals surface area contributed by atoms with Crippen LogP contribution in [0.1, 0.15) is 11.1 Å². The Kier molecular flexibility index (Phi) is 5.67. The quantitative estimate of drug-likeness (QED) is 0.283. The number of halogens is 2. The molecule has 2 amide bonds. The number of para-hydroxylation sites is 2. The summed E-state index contributed by atoms with van der Waals surface area (Å²) < 4.78 is 1.29. The highest BCUT2D eigenvalue weighted by atomic mass is 79.9. The van der Waals surface area contributed by atoms with Crippen LogP contribution < -0.4 is 9.80 Å². The molecule has 1 saturated heterocycles. The van der Waals surface area contributed by atoms with E-state index >= 15 is 0 Å². The van der Waals surface area contributed by atoms with Gasteiger partial charge in [0.1, 0.15) is 0 Å². The van der Waals surface area contributed by atoms with Gasteiger partial charge in [-0.25, -0.2) is 0 Å². The van der Waals surface area contributed by atoms with E-state index in [-0.39, 0.29) is 11.8 Å². The Hall–Kier alpha value is -2.45. The van der Waals surface area contributed by atoms with E-state index in [9.17, 15) is 9.59 Å². The third-order valence-electron chi connectivity index (χ3n) is 5.24. The van der Waals surface area contributed by atoms with Crippen LogP contribution in [0.5, 0.6) is 0 Å². The van der Waals surface area contributed by atoms with Crippen molar-refractivity contribution in [1.29, 1.82) is 0 Å². The second kappa shape index (κ2) is 8.48. The molecule has 0 radical (unpaired) electrons.